The van der Waals surface area contributed by atoms with Gasteiger partial charge in [0.25, 0.3) is 0 Å². The van der Waals surface area contributed by atoms with Crippen molar-refractivity contribution in [3.8, 4) is 11.1 Å². The molecule has 3 heterocycles. The lowest BCUT2D eigenvalue weighted by atomic mass is 10.1. The summed E-state index contributed by atoms with van der Waals surface area (Å²) in [4.78, 5) is 17.9. The third-order valence-electron chi connectivity index (χ3n) is 5.42. The van der Waals surface area contributed by atoms with E-state index >= 15 is 0 Å². The van der Waals surface area contributed by atoms with Crippen LogP contribution in [0.2, 0.25) is 0 Å². The minimum atomic E-state index is -3.61. The highest BCUT2D eigenvalue weighted by molar-refractivity contribution is 7.88. The van der Waals surface area contributed by atoms with Gasteiger partial charge in [-0.3, -0.25) is 14.5 Å². The van der Waals surface area contributed by atoms with Crippen molar-refractivity contribution in [1.29, 1.82) is 0 Å². The molecular weight excluding hydrogens is 440 g/mol. The molecule has 0 aliphatic heterocycles. The van der Waals surface area contributed by atoms with E-state index in [1.54, 1.807) is 53.5 Å². The van der Waals surface area contributed by atoms with Crippen LogP contribution in [0.4, 0.5) is 0 Å². The number of furan rings is 1. The molecule has 0 amide bonds. The zero-order chi connectivity index (χ0) is 23.0. The highest BCUT2D eigenvalue weighted by Gasteiger charge is 2.14. The van der Waals surface area contributed by atoms with Crippen molar-refractivity contribution < 1.29 is 12.8 Å². The number of sulfonamides is 1. The van der Waals surface area contributed by atoms with E-state index in [0.29, 0.717) is 27.2 Å². The second-order valence-corrected chi connectivity index (χ2v) is 9.66. The summed E-state index contributed by atoms with van der Waals surface area (Å²) >= 11 is 0. The first-order valence-corrected chi connectivity index (χ1v) is 11.9. The van der Waals surface area contributed by atoms with Gasteiger partial charge in [-0.05, 0) is 35.2 Å². The second kappa shape index (κ2) is 8.27. The van der Waals surface area contributed by atoms with Crippen LogP contribution in [0.3, 0.4) is 0 Å². The Balaban J connectivity index is 1.54. The molecule has 5 aromatic rings. The van der Waals surface area contributed by atoms with Crippen LogP contribution in [-0.2, 0) is 29.4 Å². The summed E-state index contributed by atoms with van der Waals surface area (Å²) in [7, 11) is -1.78. The molecule has 2 aromatic carbocycles. The van der Waals surface area contributed by atoms with Crippen LogP contribution in [0.1, 0.15) is 11.1 Å². The lowest BCUT2D eigenvalue weighted by Gasteiger charge is -2.06. The monoisotopic (exact) mass is 460 g/mol. The summed E-state index contributed by atoms with van der Waals surface area (Å²) in [6.07, 6.45) is 8.26. The number of nitrogens with zero attached hydrogens (tertiary/aromatic N) is 3. The van der Waals surface area contributed by atoms with E-state index < -0.39 is 10.0 Å². The normalized spacial score (nSPS) is 11.9. The fraction of sp³-hybridized carbons (Fsp3) is 0.125. The molecule has 0 saturated carbocycles. The van der Waals surface area contributed by atoms with Crippen LogP contribution >= 0.6 is 0 Å². The maximum atomic E-state index is 13.4. The zero-order valence-corrected chi connectivity index (χ0v) is 18.5. The van der Waals surface area contributed by atoms with Gasteiger partial charge in [0.15, 0.2) is 5.43 Å². The molecule has 0 radical (unpaired) electrons. The van der Waals surface area contributed by atoms with Crippen LogP contribution in [0.5, 0.6) is 0 Å². The highest BCUT2D eigenvalue weighted by atomic mass is 32.2. The van der Waals surface area contributed by atoms with Crippen molar-refractivity contribution in [3.63, 3.8) is 0 Å². The average molecular weight is 461 g/mol. The summed E-state index contributed by atoms with van der Waals surface area (Å²) < 4.78 is 34.3. The van der Waals surface area contributed by atoms with E-state index in [-0.39, 0.29) is 17.7 Å². The minimum Gasteiger partial charge on any atom is -0.472 e. The summed E-state index contributed by atoms with van der Waals surface area (Å²) in [6, 6.07) is 12.2. The average Bonchev–Trinajstić information content (AvgIpc) is 3.45. The molecule has 0 fully saturated rings. The largest absolute Gasteiger partial charge is 0.472 e. The van der Waals surface area contributed by atoms with Crippen molar-refractivity contribution in [3.05, 3.63) is 94.9 Å². The van der Waals surface area contributed by atoms with Gasteiger partial charge in [-0.1, -0.05) is 18.2 Å². The van der Waals surface area contributed by atoms with E-state index in [1.165, 1.54) is 12.5 Å². The zero-order valence-electron chi connectivity index (χ0n) is 17.7. The molecule has 0 atom stereocenters. The number of pyridine rings is 1. The van der Waals surface area contributed by atoms with Crippen LogP contribution in [0.15, 0.2) is 82.8 Å². The number of aryl methyl sites for hydroxylation is 1. The standard InChI is InChI=1S/C24H20N4O4S/c1-28-13-20(12-26-28)19-9-22-23(25-11-19)5-4-18-3-2-16(8-21(18)24(22)29)15-33(30,31)27-10-17-6-7-32-14-17/h2-9,11-14,27H,10,15H2,1H3. The highest BCUT2D eigenvalue weighted by Crippen LogP contribution is 2.22. The van der Waals surface area contributed by atoms with Crippen LogP contribution in [0, 0.1) is 0 Å². The Labute approximate surface area is 189 Å². The van der Waals surface area contributed by atoms with Crippen molar-refractivity contribution >= 4 is 31.7 Å². The first-order valence-electron chi connectivity index (χ1n) is 10.2. The summed E-state index contributed by atoms with van der Waals surface area (Å²) in [6.45, 7) is 0.140. The van der Waals surface area contributed by atoms with Gasteiger partial charge in [0.1, 0.15) is 0 Å². The van der Waals surface area contributed by atoms with Gasteiger partial charge < -0.3 is 4.42 Å². The Morgan fingerprint density at radius 2 is 1.85 bits per heavy atom. The van der Waals surface area contributed by atoms with E-state index in [2.05, 4.69) is 14.8 Å². The molecule has 0 bridgehead atoms. The molecule has 0 saturated heterocycles. The van der Waals surface area contributed by atoms with E-state index in [9.17, 15) is 13.2 Å². The first kappa shape index (κ1) is 21.0. The fourth-order valence-electron chi connectivity index (χ4n) is 3.72. The van der Waals surface area contributed by atoms with Gasteiger partial charge >= 0.3 is 0 Å². The SMILES string of the molecule is Cn1cc(-c2cnc3ccc4ccc(CS(=O)(=O)NCc5ccoc5)cc4c(=O)c3c2)cn1. The van der Waals surface area contributed by atoms with Crippen LogP contribution < -0.4 is 10.2 Å². The Morgan fingerprint density at radius 1 is 1.00 bits per heavy atom. The van der Waals surface area contributed by atoms with Crippen LogP contribution in [0.25, 0.3) is 32.8 Å². The third kappa shape index (κ3) is 4.41. The molecule has 8 nitrogen and oxygen atoms in total. The van der Waals surface area contributed by atoms with Crippen LogP contribution in [-0.4, -0.2) is 23.2 Å². The minimum absolute atomic E-state index is 0.140. The van der Waals surface area contributed by atoms with E-state index in [0.717, 1.165) is 16.7 Å². The molecule has 33 heavy (non-hydrogen) atoms. The van der Waals surface area contributed by atoms with Crippen molar-refractivity contribution in [2.75, 3.05) is 0 Å². The molecule has 166 valence electrons. The molecule has 0 aliphatic carbocycles. The Morgan fingerprint density at radius 3 is 2.61 bits per heavy atom. The Kier molecular flexibility index (Phi) is 5.27. The van der Waals surface area contributed by atoms with E-state index in [1.807, 2.05) is 19.3 Å². The molecular formula is C24H20N4O4S. The molecule has 0 spiro atoms. The van der Waals surface area contributed by atoms with Gasteiger partial charge in [0, 0.05) is 53.4 Å². The molecule has 9 heteroatoms. The molecule has 1 N–H and O–H groups in total. The second-order valence-electron chi connectivity index (χ2n) is 7.86. The fourth-order valence-corrected chi connectivity index (χ4v) is 4.83. The number of benzene rings is 1. The van der Waals surface area contributed by atoms with Crippen molar-refractivity contribution in [2.45, 2.75) is 12.3 Å². The smallest absolute Gasteiger partial charge is 0.216 e. The lowest BCUT2D eigenvalue weighted by Crippen LogP contribution is -2.24. The summed E-state index contributed by atoms with van der Waals surface area (Å²) in [5.41, 5.74) is 3.27. The Bertz CT molecular complexity index is 1640. The maximum absolute atomic E-state index is 13.4. The van der Waals surface area contributed by atoms with Gasteiger partial charge in [-0.25, -0.2) is 13.1 Å². The van der Waals surface area contributed by atoms with Gasteiger partial charge in [0.2, 0.25) is 10.0 Å². The quantitative estimate of drug-likeness (QED) is 0.416. The van der Waals surface area contributed by atoms with Crippen molar-refractivity contribution in [1.82, 2.24) is 19.5 Å². The summed E-state index contributed by atoms with van der Waals surface area (Å²) in [5.74, 6) is -0.240. The summed E-state index contributed by atoms with van der Waals surface area (Å²) in [5, 5.41) is 5.80. The van der Waals surface area contributed by atoms with E-state index in [4.69, 9.17) is 4.42 Å². The number of rotatable bonds is 6. The first-order chi connectivity index (χ1) is 15.9. The molecule has 0 aliphatic rings. The van der Waals surface area contributed by atoms with Gasteiger partial charge in [0.05, 0.1) is 30.0 Å². The number of fused-ring (bicyclic) bond motifs is 2. The number of hydrogen-bond donors (Lipinski definition) is 1. The molecule has 3 aromatic heterocycles. The maximum Gasteiger partial charge on any atom is 0.216 e. The van der Waals surface area contributed by atoms with Crippen molar-refractivity contribution in [2.24, 2.45) is 7.05 Å². The Hall–Kier alpha value is -3.82. The van der Waals surface area contributed by atoms with Gasteiger partial charge in [-0.2, -0.15) is 5.10 Å². The van der Waals surface area contributed by atoms with Gasteiger partial charge in [-0.15, -0.1) is 0 Å². The predicted octanol–water partition coefficient (Wildman–Crippen LogP) is 3.36. The topological polar surface area (TPSA) is 107 Å². The number of nitrogens with one attached hydrogen (secondary N) is 1. The third-order valence-corrected chi connectivity index (χ3v) is 6.71. The molecule has 0 unspecified atom stereocenters. The number of aromatic nitrogens is 3. The number of hydrogen-bond acceptors (Lipinski definition) is 6. The lowest BCUT2D eigenvalue weighted by molar-refractivity contribution is 0.561. The predicted molar refractivity (Wildman–Crippen MR) is 126 cm³/mol. The molecule has 5 rings (SSSR count).